The minimum atomic E-state index is -3.98. The van der Waals surface area contributed by atoms with Gasteiger partial charge in [-0.25, -0.2) is 22.3 Å². The molecular weight excluding hydrogens is 419 g/mol. The number of sulfonamides is 1. The molecule has 3 aliphatic rings. The molecule has 0 spiro atoms. The highest BCUT2D eigenvalue weighted by Crippen LogP contribution is 2.37. The zero-order chi connectivity index (χ0) is 21.0. The number of alkyl halides is 1. The second-order valence-electron chi connectivity index (χ2n) is 7.52. The number of carbonyl (C=O) groups excluding carboxylic acids is 2. The van der Waals surface area contributed by atoms with Gasteiger partial charge in [-0.2, -0.15) is 18.6 Å². The molecule has 1 unspecified atom stereocenters. The standard InChI is InChI=1S/C18H20FN4O4S2/c1-11-7-12(28-20-11)9-23-16(24)14-8-13(3-4-15(14)22(2)17(23)25)29(26,27)21-18(10-19)5-6-18/h3-4,7-8,14,21H,5-6,9-10H2,1-2H3/q+1. The molecule has 1 N–H and O–H groups in total. The minimum absolute atomic E-state index is 0.0696. The minimum Gasteiger partial charge on any atom is -0.249 e. The maximum atomic E-state index is 13.1. The van der Waals surface area contributed by atoms with E-state index in [0.717, 1.165) is 15.5 Å². The van der Waals surface area contributed by atoms with Gasteiger partial charge in [-0.15, -0.1) is 0 Å². The Morgan fingerprint density at radius 2 is 2.10 bits per heavy atom. The summed E-state index contributed by atoms with van der Waals surface area (Å²) in [7, 11) is -2.44. The van der Waals surface area contributed by atoms with Crippen LogP contribution in [0.3, 0.4) is 0 Å². The largest absolute Gasteiger partial charge is 0.501 e. The third-order valence-electron chi connectivity index (χ3n) is 5.27. The summed E-state index contributed by atoms with van der Waals surface area (Å²) in [6, 6.07) is 1.32. The summed E-state index contributed by atoms with van der Waals surface area (Å²) in [5.41, 5.74) is 0.170. The summed E-state index contributed by atoms with van der Waals surface area (Å²) in [6.07, 6.45) is 5.00. The van der Waals surface area contributed by atoms with Crippen LogP contribution in [0.4, 0.5) is 9.18 Å². The van der Waals surface area contributed by atoms with Gasteiger partial charge >= 0.3 is 11.9 Å². The van der Waals surface area contributed by atoms with Crippen molar-refractivity contribution in [1.82, 2.24) is 14.0 Å². The number of rotatable bonds is 6. The maximum absolute atomic E-state index is 13.1. The molecule has 1 atom stereocenters. The average molecular weight is 440 g/mol. The molecule has 29 heavy (non-hydrogen) atoms. The van der Waals surface area contributed by atoms with Crippen molar-refractivity contribution in [3.63, 3.8) is 0 Å². The lowest BCUT2D eigenvalue weighted by Crippen LogP contribution is -2.53. The van der Waals surface area contributed by atoms with Crippen molar-refractivity contribution in [2.45, 2.75) is 31.8 Å². The van der Waals surface area contributed by atoms with Crippen molar-refractivity contribution in [2.75, 3.05) is 13.7 Å². The predicted molar refractivity (Wildman–Crippen MR) is 105 cm³/mol. The zero-order valence-corrected chi connectivity index (χ0v) is 17.5. The first kappa shape index (κ1) is 20.0. The van der Waals surface area contributed by atoms with Gasteiger partial charge in [-0.1, -0.05) is 0 Å². The second kappa shape index (κ2) is 6.92. The molecule has 2 heterocycles. The van der Waals surface area contributed by atoms with Crippen molar-refractivity contribution in [1.29, 1.82) is 0 Å². The molecule has 1 aromatic heterocycles. The lowest BCUT2D eigenvalue weighted by Gasteiger charge is -2.26. The van der Waals surface area contributed by atoms with E-state index < -0.39 is 40.1 Å². The first-order chi connectivity index (χ1) is 13.7. The van der Waals surface area contributed by atoms with Gasteiger partial charge in [0.15, 0.2) is 0 Å². The molecule has 0 radical (unpaired) electrons. The summed E-state index contributed by atoms with van der Waals surface area (Å²) in [5, 5.41) is 0. The Kier molecular flexibility index (Phi) is 4.79. The third-order valence-corrected chi connectivity index (χ3v) is 7.72. The molecule has 4 rings (SSSR count). The average Bonchev–Trinajstić information content (AvgIpc) is 3.33. The quantitative estimate of drug-likeness (QED) is 0.677. The molecule has 0 saturated heterocycles. The van der Waals surface area contributed by atoms with Crippen LogP contribution >= 0.6 is 11.5 Å². The van der Waals surface area contributed by atoms with Gasteiger partial charge in [0.05, 0.1) is 28.1 Å². The molecule has 1 saturated carbocycles. The Balaban J connectivity index is 1.65. The number of allylic oxidation sites excluding steroid dienone is 2. The fourth-order valence-corrected chi connectivity index (χ4v) is 5.61. The van der Waals surface area contributed by atoms with Gasteiger partial charge in [-0.3, -0.25) is 0 Å². The van der Waals surface area contributed by atoms with E-state index in [-0.39, 0.29) is 11.4 Å². The zero-order valence-electron chi connectivity index (χ0n) is 15.9. The van der Waals surface area contributed by atoms with Crippen molar-refractivity contribution >= 4 is 39.2 Å². The molecule has 1 aromatic rings. The molecule has 8 nitrogen and oxygen atoms in total. The number of amides is 3. The number of hydrogen-bond acceptors (Lipinski definition) is 6. The highest BCUT2D eigenvalue weighted by atomic mass is 32.2. The Labute approximate surface area is 171 Å². The predicted octanol–water partition coefficient (Wildman–Crippen LogP) is 1.49. The van der Waals surface area contributed by atoms with Crippen LogP contribution in [0.25, 0.3) is 0 Å². The maximum Gasteiger partial charge on any atom is 0.501 e. The van der Waals surface area contributed by atoms with E-state index >= 15 is 0 Å². The number of imide groups is 1. The number of carbonyl (C=O) groups is 2. The number of halogens is 1. The number of nitrogens with zero attached hydrogens (tertiary/aromatic N) is 3. The number of urea groups is 1. The van der Waals surface area contributed by atoms with Crippen LogP contribution in [0.1, 0.15) is 23.4 Å². The van der Waals surface area contributed by atoms with Crippen molar-refractivity contribution in [3.8, 4) is 0 Å². The number of aromatic nitrogens is 1. The normalized spacial score (nSPS) is 23.3. The van der Waals surface area contributed by atoms with Gasteiger partial charge in [0.2, 0.25) is 10.0 Å². The molecule has 0 bridgehead atoms. The summed E-state index contributed by atoms with van der Waals surface area (Å²) in [6.45, 7) is 1.11. The summed E-state index contributed by atoms with van der Waals surface area (Å²) >= 11 is 1.21. The van der Waals surface area contributed by atoms with Gasteiger partial charge in [-0.05, 0) is 55.6 Å². The monoisotopic (exact) mass is 439 g/mol. The molecule has 1 fully saturated rings. The smallest absolute Gasteiger partial charge is 0.249 e. The van der Waals surface area contributed by atoms with E-state index in [1.807, 2.05) is 6.92 Å². The fraction of sp³-hybridized carbons (Fsp3) is 0.444. The van der Waals surface area contributed by atoms with Gasteiger partial charge < -0.3 is 0 Å². The van der Waals surface area contributed by atoms with Gasteiger partial charge in [0.1, 0.15) is 24.8 Å². The Morgan fingerprint density at radius 3 is 2.69 bits per heavy atom. The van der Waals surface area contributed by atoms with Crippen LogP contribution in [0, 0.1) is 12.8 Å². The molecule has 2 aliphatic carbocycles. The van der Waals surface area contributed by atoms with E-state index in [1.165, 1.54) is 34.3 Å². The Morgan fingerprint density at radius 1 is 1.38 bits per heavy atom. The molecule has 3 amide bonds. The van der Waals surface area contributed by atoms with Crippen molar-refractivity contribution < 1.29 is 27.0 Å². The van der Waals surface area contributed by atoms with Crippen LogP contribution < -0.4 is 4.72 Å². The first-order valence-corrected chi connectivity index (χ1v) is 11.3. The topological polar surface area (TPSA) is 99.5 Å². The van der Waals surface area contributed by atoms with E-state index in [0.29, 0.717) is 18.6 Å². The van der Waals surface area contributed by atoms with Crippen molar-refractivity contribution in [3.05, 3.63) is 39.8 Å². The SMILES string of the molecule is Cc1cc(CN2C(=O)C3C=C(S(=O)(=O)NC4(CF)CC4)C=CC3=[N+](C)C2=O)sn1. The lowest BCUT2D eigenvalue weighted by atomic mass is 9.94. The molecule has 1 aliphatic heterocycles. The number of fused-ring (bicyclic) bond motifs is 1. The lowest BCUT2D eigenvalue weighted by molar-refractivity contribution is -0.406. The summed E-state index contributed by atoms with van der Waals surface area (Å²) in [4.78, 5) is 27.5. The first-order valence-electron chi connectivity index (χ1n) is 9.04. The molecule has 11 heteroatoms. The Bertz CT molecular complexity index is 1100. The van der Waals surface area contributed by atoms with E-state index in [4.69, 9.17) is 0 Å². The van der Waals surface area contributed by atoms with E-state index in [9.17, 15) is 22.4 Å². The van der Waals surface area contributed by atoms with E-state index in [1.54, 1.807) is 13.1 Å². The molecule has 154 valence electrons. The summed E-state index contributed by atoms with van der Waals surface area (Å²) < 4.78 is 46.4. The highest BCUT2D eigenvalue weighted by molar-refractivity contribution is 7.93. The molecule has 0 aromatic carbocycles. The van der Waals surface area contributed by atoms with Crippen LogP contribution in [0.2, 0.25) is 0 Å². The van der Waals surface area contributed by atoms with Crippen LogP contribution in [-0.4, -0.2) is 59.2 Å². The fourth-order valence-electron chi connectivity index (χ4n) is 3.38. The third kappa shape index (κ3) is 3.58. The summed E-state index contributed by atoms with van der Waals surface area (Å²) in [5.74, 6) is -1.42. The number of nitrogens with one attached hydrogen (secondary N) is 1. The van der Waals surface area contributed by atoms with E-state index in [2.05, 4.69) is 9.10 Å². The van der Waals surface area contributed by atoms with Gasteiger partial charge in [0, 0.05) is 0 Å². The van der Waals surface area contributed by atoms with Crippen LogP contribution in [0.5, 0.6) is 0 Å². The highest BCUT2D eigenvalue weighted by Gasteiger charge is 2.49. The molecular formula is C18H20FN4O4S2+. The van der Waals surface area contributed by atoms with Gasteiger partial charge in [0.25, 0.3) is 0 Å². The Hall–Kier alpha value is -2.24. The van der Waals surface area contributed by atoms with Crippen LogP contribution in [-0.2, 0) is 21.4 Å². The number of hydrogen-bond donors (Lipinski definition) is 1. The van der Waals surface area contributed by atoms with Crippen LogP contribution in [0.15, 0.2) is 29.2 Å². The van der Waals surface area contributed by atoms with Crippen molar-refractivity contribution in [2.24, 2.45) is 5.92 Å². The number of aryl methyl sites for hydroxylation is 1. The second-order valence-corrected chi connectivity index (χ2v) is 10.1.